The molecule has 24 heavy (non-hydrogen) atoms. The van der Waals surface area contributed by atoms with Crippen LogP contribution in [0.1, 0.15) is 30.9 Å². The van der Waals surface area contributed by atoms with E-state index in [0.717, 1.165) is 6.42 Å². The Bertz CT molecular complexity index is 770. The van der Waals surface area contributed by atoms with Crippen LogP contribution in [0.3, 0.4) is 0 Å². The van der Waals surface area contributed by atoms with E-state index in [1.54, 1.807) is 0 Å². The minimum atomic E-state index is -0.739. The zero-order valence-corrected chi connectivity index (χ0v) is 14.8. The number of rotatable bonds is 5. The first-order chi connectivity index (χ1) is 11.0. The summed E-state index contributed by atoms with van der Waals surface area (Å²) in [5.74, 6) is -0.739. The molecule has 1 atom stereocenters. The van der Waals surface area contributed by atoms with Gasteiger partial charge in [-0.2, -0.15) is 0 Å². The number of aliphatic carboxylic acids is 1. The molecule has 4 heteroatoms. The number of carboxylic acids is 1. The van der Waals surface area contributed by atoms with Gasteiger partial charge in [0.05, 0.1) is 5.41 Å². The number of carboxylic acid groups (broad SMARTS) is 1. The molecule has 1 heterocycles. The van der Waals surface area contributed by atoms with Crippen LogP contribution in [0.15, 0.2) is 54.6 Å². The van der Waals surface area contributed by atoms with Gasteiger partial charge < -0.3 is 17.5 Å². The number of hydrogen-bond donors (Lipinski definition) is 1. The second kappa shape index (κ2) is 7.18. The lowest BCUT2D eigenvalue weighted by atomic mass is 9.70. The number of halogens is 1. The highest BCUT2D eigenvalue weighted by Gasteiger charge is 2.48. The van der Waals surface area contributed by atoms with Gasteiger partial charge in [-0.1, -0.05) is 48.5 Å². The summed E-state index contributed by atoms with van der Waals surface area (Å²) in [5.41, 5.74) is 4.65. The molecular formula is C20H22ClNO2. The van der Waals surface area contributed by atoms with E-state index in [9.17, 15) is 9.90 Å². The summed E-state index contributed by atoms with van der Waals surface area (Å²) in [5, 5.41) is 9.23. The van der Waals surface area contributed by atoms with E-state index >= 15 is 0 Å². The average molecular weight is 344 g/mol. The fraction of sp³-hybridized carbons (Fsp3) is 0.300. The van der Waals surface area contributed by atoms with E-state index in [0.29, 0.717) is 6.42 Å². The van der Waals surface area contributed by atoms with Crippen molar-refractivity contribution in [3.8, 4) is 0 Å². The predicted molar refractivity (Wildman–Crippen MR) is 91.7 cm³/mol. The van der Waals surface area contributed by atoms with E-state index in [-0.39, 0.29) is 24.2 Å². The predicted octanol–water partition coefficient (Wildman–Crippen LogP) is 0.784. The maximum atomic E-state index is 11.2. The van der Waals surface area contributed by atoms with Gasteiger partial charge in [0, 0.05) is 25.0 Å². The van der Waals surface area contributed by atoms with Crippen LogP contribution in [0, 0.1) is 0 Å². The highest BCUT2D eigenvalue weighted by Crippen LogP contribution is 2.44. The molecule has 0 bridgehead atoms. The first-order valence-electron chi connectivity index (χ1n) is 7.97. The maximum absolute atomic E-state index is 11.2. The van der Waals surface area contributed by atoms with E-state index < -0.39 is 5.97 Å². The number of carbonyl (C=O) groups is 1. The van der Waals surface area contributed by atoms with E-state index in [2.05, 4.69) is 42.8 Å². The molecule has 1 N–H and O–H groups in total. The van der Waals surface area contributed by atoms with Crippen molar-refractivity contribution in [3.63, 3.8) is 0 Å². The Kier molecular flexibility index (Phi) is 5.45. The summed E-state index contributed by atoms with van der Waals surface area (Å²) in [6.07, 6.45) is 1.62. The highest BCUT2D eigenvalue weighted by molar-refractivity contribution is 5.94. The molecule has 2 aromatic carbocycles. The highest BCUT2D eigenvalue weighted by atomic mass is 35.5. The quantitative estimate of drug-likeness (QED) is 0.815. The standard InChI is InChI=1S/C20H21NO2.ClH/c1-15-20(13-12-19(22)23,14-16-8-4-3-5-9-16)17-10-6-7-11-18(17)21(15)2;/h3-11H,12-14H2,1-2H3;1H. The Morgan fingerprint density at radius 2 is 1.71 bits per heavy atom. The third kappa shape index (κ3) is 3.09. The summed E-state index contributed by atoms with van der Waals surface area (Å²) < 4.78 is 2.21. The molecule has 3 nitrogen and oxygen atoms in total. The van der Waals surface area contributed by atoms with Crippen LogP contribution in [-0.2, 0) is 16.6 Å². The maximum Gasteiger partial charge on any atom is 0.303 e. The van der Waals surface area contributed by atoms with Gasteiger partial charge in [-0.3, -0.25) is 4.79 Å². The minimum Gasteiger partial charge on any atom is -1.00 e. The van der Waals surface area contributed by atoms with E-state index in [1.807, 2.05) is 30.3 Å². The molecule has 0 aromatic heterocycles. The molecule has 0 spiro atoms. The molecular weight excluding hydrogens is 322 g/mol. The van der Waals surface area contributed by atoms with Gasteiger partial charge in [-0.05, 0) is 18.4 Å². The summed E-state index contributed by atoms with van der Waals surface area (Å²) in [6.45, 7) is 2.13. The Balaban J connectivity index is 0.00000208. The van der Waals surface area contributed by atoms with Gasteiger partial charge in [-0.15, -0.1) is 0 Å². The monoisotopic (exact) mass is 343 g/mol. The number of para-hydroxylation sites is 1. The smallest absolute Gasteiger partial charge is 0.303 e. The largest absolute Gasteiger partial charge is 1.00 e. The molecule has 2 aromatic rings. The number of benzene rings is 2. The van der Waals surface area contributed by atoms with Crippen LogP contribution in [0.25, 0.3) is 0 Å². The van der Waals surface area contributed by atoms with Crippen molar-refractivity contribution in [3.05, 3.63) is 65.7 Å². The van der Waals surface area contributed by atoms with Gasteiger partial charge >= 0.3 is 5.97 Å². The normalized spacial score (nSPS) is 18.9. The average Bonchev–Trinajstić information content (AvgIpc) is 2.77. The number of nitrogens with zero attached hydrogens (tertiary/aromatic N) is 1. The van der Waals surface area contributed by atoms with Crippen molar-refractivity contribution in [2.24, 2.45) is 0 Å². The lowest BCUT2D eigenvalue weighted by Gasteiger charge is -2.27. The third-order valence-electron chi connectivity index (χ3n) is 5.09. The topological polar surface area (TPSA) is 40.3 Å². The van der Waals surface area contributed by atoms with E-state index in [1.165, 1.54) is 22.5 Å². The van der Waals surface area contributed by atoms with Gasteiger partial charge in [0.1, 0.15) is 7.05 Å². The van der Waals surface area contributed by atoms with Crippen molar-refractivity contribution in [1.82, 2.24) is 0 Å². The zero-order valence-electron chi connectivity index (χ0n) is 14.0. The molecule has 126 valence electrons. The van der Waals surface area contributed by atoms with Crippen LogP contribution in [0.2, 0.25) is 0 Å². The molecule has 0 fully saturated rings. The molecule has 0 radical (unpaired) electrons. The van der Waals surface area contributed by atoms with Crippen LogP contribution in [0.5, 0.6) is 0 Å². The minimum absolute atomic E-state index is 0. The Morgan fingerprint density at radius 1 is 1.08 bits per heavy atom. The molecule has 0 saturated carbocycles. The van der Waals surface area contributed by atoms with Gasteiger partial charge in [-0.25, -0.2) is 4.58 Å². The second-order valence-electron chi connectivity index (χ2n) is 6.30. The SMILES string of the molecule is CC1=[N+](C)c2ccccc2C1(CCC(=O)O)Cc1ccccc1.[Cl-]. The Labute approximate surface area is 149 Å². The summed E-state index contributed by atoms with van der Waals surface area (Å²) in [6, 6.07) is 18.7. The summed E-state index contributed by atoms with van der Waals surface area (Å²) >= 11 is 0. The van der Waals surface area contributed by atoms with E-state index in [4.69, 9.17) is 0 Å². The lowest BCUT2D eigenvalue weighted by molar-refractivity contribution is -0.403. The van der Waals surface area contributed by atoms with Crippen molar-refractivity contribution < 1.29 is 26.9 Å². The van der Waals surface area contributed by atoms with Crippen LogP contribution in [-0.4, -0.2) is 28.4 Å². The fourth-order valence-electron chi connectivity index (χ4n) is 3.76. The molecule has 0 amide bonds. The molecule has 1 aliphatic rings. The van der Waals surface area contributed by atoms with Crippen molar-refractivity contribution in [2.75, 3.05) is 7.05 Å². The Morgan fingerprint density at radius 3 is 2.38 bits per heavy atom. The third-order valence-corrected chi connectivity index (χ3v) is 5.09. The molecule has 0 saturated heterocycles. The number of fused-ring (bicyclic) bond motifs is 1. The number of hydrogen-bond acceptors (Lipinski definition) is 1. The first kappa shape index (κ1) is 18.2. The second-order valence-corrected chi connectivity index (χ2v) is 6.30. The van der Waals surface area contributed by atoms with Crippen LogP contribution in [0.4, 0.5) is 5.69 Å². The van der Waals surface area contributed by atoms with Crippen LogP contribution < -0.4 is 12.4 Å². The first-order valence-corrected chi connectivity index (χ1v) is 7.97. The molecule has 3 rings (SSSR count). The van der Waals surface area contributed by atoms with Gasteiger partial charge in [0.25, 0.3) is 0 Å². The van der Waals surface area contributed by atoms with Gasteiger partial charge in [0.2, 0.25) is 5.69 Å². The molecule has 1 unspecified atom stereocenters. The van der Waals surface area contributed by atoms with Crippen molar-refractivity contribution in [1.29, 1.82) is 0 Å². The molecule has 1 aliphatic heterocycles. The van der Waals surface area contributed by atoms with Crippen molar-refractivity contribution in [2.45, 2.75) is 31.6 Å². The van der Waals surface area contributed by atoms with Gasteiger partial charge in [0.15, 0.2) is 5.71 Å². The van der Waals surface area contributed by atoms with Crippen molar-refractivity contribution >= 4 is 17.4 Å². The summed E-state index contributed by atoms with van der Waals surface area (Å²) in [4.78, 5) is 11.2. The fourth-order valence-corrected chi connectivity index (χ4v) is 3.76. The Hall–Kier alpha value is -2.13. The van der Waals surface area contributed by atoms with Crippen LogP contribution >= 0.6 is 0 Å². The lowest BCUT2D eigenvalue weighted by Crippen LogP contribution is -3.00. The summed E-state index contributed by atoms with van der Waals surface area (Å²) in [7, 11) is 2.07. The molecule has 0 aliphatic carbocycles. The zero-order chi connectivity index (χ0) is 16.4.